The van der Waals surface area contributed by atoms with Crippen LogP contribution in [0.3, 0.4) is 0 Å². The Hall–Kier alpha value is -2.71. The summed E-state index contributed by atoms with van der Waals surface area (Å²) in [5.74, 6) is 0.519. The largest absolute Gasteiger partial charge is 0.493 e. The van der Waals surface area contributed by atoms with Crippen molar-refractivity contribution in [2.75, 3.05) is 20.3 Å². The molecule has 0 aliphatic heterocycles. The van der Waals surface area contributed by atoms with E-state index in [1.807, 2.05) is 43.3 Å². The van der Waals surface area contributed by atoms with Crippen LogP contribution in [0.15, 0.2) is 42.5 Å². The summed E-state index contributed by atoms with van der Waals surface area (Å²) in [5.41, 5.74) is 1.29. The SMILES string of the molecule is CCCOc1c(Cl)cc(C(=O)N(CC#N)Cc2ccccc2)cc1OC. The van der Waals surface area contributed by atoms with Crippen molar-refractivity contribution in [3.63, 3.8) is 0 Å². The van der Waals surface area contributed by atoms with E-state index in [0.717, 1.165) is 12.0 Å². The first-order chi connectivity index (χ1) is 12.6. The first-order valence-corrected chi connectivity index (χ1v) is 8.69. The zero-order valence-corrected chi connectivity index (χ0v) is 15.6. The van der Waals surface area contributed by atoms with E-state index in [1.54, 1.807) is 12.1 Å². The number of carbonyl (C=O) groups excluding carboxylic acids is 1. The van der Waals surface area contributed by atoms with Gasteiger partial charge in [-0.15, -0.1) is 0 Å². The van der Waals surface area contributed by atoms with Gasteiger partial charge in [0.25, 0.3) is 5.91 Å². The fraction of sp³-hybridized carbons (Fsp3) is 0.300. The predicted molar refractivity (Wildman–Crippen MR) is 101 cm³/mol. The minimum absolute atomic E-state index is 0.0260. The number of nitrogens with zero attached hydrogens (tertiary/aromatic N) is 2. The van der Waals surface area contributed by atoms with Gasteiger partial charge in [0, 0.05) is 12.1 Å². The van der Waals surface area contributed by atoms with Gasteiger partial charge in [0.15, 0.2) is 11.5 Å². The second-order valence-corrected chi connectivity index (χ2v) is 6.05. The maximum Gasteiger partial charge on any atom is 0.255 e. The molecule has 0 atom stereocenters. The average molecular weight is 373 g/mol. The first kappa shape index (κ1) is 19.6. The second-order valence-electron chi connectivity index (χ2n) is 5.64. The van der Waals surface area contributed by atoms with E-state index in [-0.39, 0.29) is 12.5 Å². The maximum absolute atomic E-state index is 12.9. The van der Waals surface area contributed by atoms with Crippen LogP contribution in [0.25, 0.3) is 0 Å². The summed E-state index contributed by atoms with van der Waals surface area (Å²) in [6, 6.07) is 14.7. The zero-order chi connectivity index (χ0) is 18.9. The number of amides is 1. The van der Waals surface area contributed by atoms with Crippen LogP contribution in [-0.2, 0) is 6.54 Å². The van der Waals surface area contributed by atoms with Gasteiger partial charge in [-0.1, -0.05) is 48.9 Å². The van der Waals surface area contributed by atoms with Crippen molar-refractivity contribution in [3.05, 3.63) is 58.6 Å². The van der Waals surface area contributed by atoms with Crippen LogP contribution >= 0.6 is 11.6 Å². The van der Waals surface area contributed by atoms with Gasteiger partial charge >= 0.3 is 0 Å². The van der Waals surface area contributed by atoms with E-state index >= 15 is 0 Å². The van der Waals surface area contributed by atoms with Crippen LogP contribution in [0.4, 0.5) is 0 Å². The van der Waals surface area contributed by atoms with E-state index in [9.17, 15) is 4.79 Å². The molecule has 0 unspecified atom stereocenters. The Morgan fingerprint density at radius 2 is 2.00 bits per heavy atom. The standard InChI is InChI=1S/C20H21ClN2O3/c1-3-11-26-19-17(21)12-16(13-18(19)25-2)20(24)23(10-9-22)14-15-7-5-4-6-8-15/h4-8,12-13H,3,10-11,14H2,1-2H3. The van der Waals surface area contributed by atoms with E-state index in [1.165, 1.54) is 12.0 Å². The van der Waals surface area contributed by atoms with Crippen molar-refractivity contribution in [2.45, 2.75) is 19.9 Å². The summed E-state index contributed by atoms with van der Waals surface area (Å²) in [7, 11) is 1.50. The maximum atomic E-state index is 12.9. The highest BCUT2D eigenvalue weighted by atomic mass is 35.5. The molecule has 0 fully saturated rings. The molecule has 0 saturated carbocycles. The lowest BCUT2D eigenvalue weighted by Crippen LogP contribution is -2.31. The molecule has 2 aromatic rings. The number of ether oxygens (including phenoxy) is 2. The van der Waals surface area contributed by atoms with Crippen LogP contribution < -0.4 is 9.47 Å². The molecule has 0 aromatic heterocycles. The molecule has 1 amide bonds. The second kappa shape index (κ2) is 9.69. The molecule has 2 rings (SSSR count). The lowest BCUT2D eigenvalue weighted by Gasteiger charge is -2.21. The zero-order valence-electron chi connectivity index (χ0n) is 14.9. The monoisotopic (exact) mass is 372 g/mol. The van der Waals surface area contributed by atoms with Crippen molar-refractivity contribution in [2.24, 2.45) is 0 Å². The molecule has 0 N–H and O–H groups in total. The number of hydrogen-bond acceptors (Lipinski definition) is 4. The van der Waals surface area contributed by atoms with Gasteiger partial charge in [0.05, 0.1) is 24.8 Å². The molecule has 26 heavy (non-hydrogen) atoms. The summed E-state index contributed by atoms with van der Waals surface area (Å²) in [6.45, 7) is 2.79. The van der Waals surface area contributed by atoms with Crippen LogP contribution in [0, 0.1) is 11.3 Å². The van der Waals surface area contributed by atoms with Crippen LogP contribution in [0.2, 0.25) is 5.02 Å². The number of benzene rings is 2. The third-order valence-electron chi connectivity index (χ3n) is 3.69. The first-order valence-electron chi connectivity index (χ1n) is 8.31. The third-order valence-corrected chi connectivity index (χ3v) is 3.97. The quantitative estimate of drug-likeness (QED) is 0.648. The van der Waals surface area contributed by atoms with Crippen molar-refractivity contribution < 1.29 is 14.3 Å². The summed E-state index contributed by atoms with van der Waals surface area (Å²) >= 11 is 6.29. The minimum atomic E-state index is -0.294. The Kier molecular flexibility index (Phi) is 7.31. The fourth-order valence-corrected chi connectivity index (χ4v) is 2.72. The van der Waals surface area contributed by atoms with Crippen LogP contribution in [-0.4, -0.2) is 31.1 Å². The highest BCUT2D eigenvalue weighted by molar-refractivity contribution is 6.32. The summed E-state index contributed by atoms with van der Waals surface area (Å²) < 4.78 is 10.9. The smallest absolute Gasteiger partial charge is 0.255 e. The Bertz CT molecular complexity index is 788. The Labute approximate surface area is 158 Å². The molecule has 0 aliphatic rings. The molecule has 6 heteroatoms. The minimum Gasteiger partial charge on any atom is -0.493 e. The van der Waals surface area contributed by atoms with E-state index < -0.39 is 0 Å². The van der Waals surface area contributed by atoms with E-state index in [0.29, 0.717) is 35.2 Å². The summed E-state index contributed by atoms with van der Waals surface area (Å²) in [4.78, 5) is 14.4. The van der Waals surface area contributed by atoms with Crippen molar-refractivity contribution >= 4 is 17.5 Å². The number of halogens is 1. The lowest BCUT2D eigenvalue weighted by molar-refractivity contribution is 0.0764. The van der Waals surface area contributed by atoms with Crippen molar-refractivity contribution in [3.8, 4) is 17.6 Å². The number of methoxy groups -OCH3 is 1. The average Bonchev–Trinajstić information content (AvgIpc) is 2.66. The van der Waals surface area contributed by atoms with Crippen molar-refractivity contribution in [1.29, 1.82) is 5.26 Å². The Morgan fingerprint density at radius 3 is 2.62 bits per heavy atom. The lowest BCUT2D eigenvalue weighted by atomic mass is 10.1. The topological polar surface area (TPSA) is 62.6 Å². The number of hydrogen-bond donors (Lipinski definition) is 0. The Morgan fingerprint density at radius 1 is 1.27 bits per heavy atom. The third kappa shape index (κ3) is 4.90. The molecule has 5 nitrogen and oxygen atoms in total. The Balaban J connectivity index is 2.30. The predicted octanol–water partition coefficient (Wildman–Crippen LogP) is 4.30. The molecule has 0 aliphatic carbocycles. The molecule has 136 valence electrons. The fourth-order valence-electron chi connectivity index (χ4n) is 2.46. The van der Waals surface area contributed by atoms with Gasteiger partial charge < -0.3 is 14.4 Å². The molecule has 0 radical (unpaired) electrons. The molecule has 0 spiro atoms. The molecular formula is C20H21ClN2O3. The van der Waals surface area contributed by atoms with Gasteiger partial charge in [-0.05, 0) is 24.1 Å². The molecule has 2 aromatic carbocycles. The number of nitriles is 1. The summed E-state index contributed by atoms with van der Waals surface area (Å²) in [6.07, 6.45) is 0.827. The highest BCUT2D eigenvalue weighted by Gasteiger charge is 2.20. The van der Waals surface area contributed by atoms with Gasteiger partial charge in [0.1, 0.15) is 6.54 Å². The van der Waals surface area contributed by atoms with Crippen LogP contribution in [0.1, 0.15) is 29.3 Å². The highest BCUT2D eigenvalue weighted by Crippen LogP contribution is 2.37. The number of rotatable bonds is 8. The van der Waals surface area contributed by atoms with Gasteiger partial charge in [-0.2, -0.15) is 5.26 Å². The van der Waals surface area contributed by atoms with E-state index in [2.05, 4.69) is 0 Å². The van der Waals surface area contributed by atoms with Gasteiger partial charge in [-0.25, -0.2) is 0 Å². The molecule has 0 saturated heterocycles. The molecular weight excluding hydrogens is 352 g/mol. The summed E-state index contributed by atoms with van der Waals surface area (Å²) in [5, 5.41) is 9.40. The molecule has 0 bridgehead atoms. The van der Waals surface area contributed by atoms with E-state index in [4.69, 9.17) is 26.3 Å². The normalized spacial score (nSPS) is 10.1. The van der Waals surface area contributed by atoms with Crippen molar-refractivity contribution in [1.82, 2.24) is 4.90 Å². The van der Waals surface area contributed by atoms with Crippen LogP contribution in [0.5, 0.6) is 11.5 Å². The van der Waals surface area contributed by atoms with Gasteiger partial charge in [0.2, 0.25) is 0 Å². The number of carbonyl (C=O) groups is 1. The molecule has 0 heterocycles. The van der Waals surface area contributed by atoms with Gasteiger partial charge in [-0.3, -0.25) is 4.79 Å².